The normalized spacial score (nSPS) is 11.1. The van der Waals surface area contributed by atoms with E-state index in [1.807, 2.05) is 0 Å². The van der Waals surface area contributed by atoms with Gasteiger partial charge < -0.3 is 0 Å². The van der Waals surface area contributed by atoms with Gasteiger partial charge in [-0.25, -0.2) is 10.9 Å². The number of nitrogens with zero attached hydrogens (tertiary/aromatic N) is 2. The maximum atomic E-state index is 4.88. The molecule has 0 unspecified atom stereocenters. The number of aromatic amines is 1. The second kappa shape index (κ2) is 6.36. The van der Waals surface area contributed by atoms with Crippen molar-refractivity contribution in [1.82, 2.24) is 15.2 Å². The second-order valence-electron chi connectivity index (χ2n) is 1.65. The van der Waals surface area contributed by atoms with Gasteiger partial charge in [0.05, 0.1) is 0 Å². The zero-order chi connectivity index (χ0) is 6.69. The van der Waals surface area contributed by atoms with Crippen LogP contribution in [0.5, 0.6) is 0 Å². The number of rotatable bonds is 2. The van der Waals surface area contributed by atoms with Gasteiger partial charge in [0.1, 0.15) is 12.4 Å². The fraction of sp³-hybridized carbons (Fsp3) is 0.500. The molecule has 0 bridgehead atoms. The molecule has 0 aliphatic heterocycles. The minimum atomic E-state index is -0.215. The minimum absolute atomic E-state index is 0. The van der Waals surface area contributed by atoms with Crippen molar-refractivity contribution >= 4 is 24.8 Å². The average molecular weight is 201 g/mol. The number of nitrogens with two attached hydrogens (primary N) is 1. The van der Waals surface area contributed by atoms with E-state index in [0.29, 0.717) is 5.82 Å². The maximum Gasteiger partial charge on any atom is 0.155 e. The van der Waals surface area contributed by atoms with E-state index in [1.54, 1.807) is 6.92 Å². The average Bonchev–Trinajstić information content (AvgIpc) is 2.37. The Labute approximate surface area is 76.5 Å². The molecule has 1 aromatic rings. The quantitative estimate of drug-likeness (QED) is 0.687. The molecule has 5 nitrogen and oxygen atoms in total. The number of hydrogen-bond donors (Lipinski definition) is 2. The van der Waals surface area contributed by atoms with Crippen molar-refractivity contribution in [1.29, 1.82) is 0 Å². The lowest BCUT2D eigenvalue weighted by Crippen LogP contribution is -2.06. The molecule has 7 heteroatoms. The van der Waals surface area contributed by atoms with Crippen LogP contribution in [0.25, 0.3) is 0 Å². The van der Waals surface area contributed by atoms with Gasteiger partial charge in [-0.15, -0.1) is 24.8 Å². The standard InChI is InChI=1S/C4H8N4O.2ClH/c1-3(9-5)4-6-2-7-8-4;;/h2-3H,5H2,1H3,(H,6,7,8);2*1H/t3-;;/m1../s1. The first kappa shape index (κ1) is 13.2. The Kier molecular flexibility index (Phi) is 7.65. The van der Waals surface area contributed by atoms with Gasteiger partial charge >= 0.3 is 0 Å². The summed E-state index contributed by atoms with van der Waals surface area (Å²) in [5.41, 5.74) is 0. The largest absolute Gasteiger partial charge is 0.294 e. The SMILES string of the molecule is C[C@@H](ON)c1ncn[nH]1.Cl.Cl. The smallest absolute Gasteiger partial charge is 0.155 e. The van der Waals surface area contributed by atoms with Gasteiger partial charge in [-0.3, -0.25) is 9.94 Å². The fourth-order valence-electron chi connectivity index (χ4n) is 0.475. The molecule has 1 heterocycles. The van der Waals surface area contributed by atoms with Crippen LogP contribution in [-0.2, 0) is 4.84 Å². The van der Waals surface area contributed by atoms with Crippen LogP contribution in [0, 0.1) is 0 Å². The molecular weight excluding hydrogens is 191 g/mol. The molecule has 0 radical (unpaired) electrons. The summed E-state index contributed by atoms with van der Waals surface area (Å²) in [6.07, 6.45) is 1.19. The number of aromatic nitrogens is 3. The first-order chi connectivity index (χ1) is 4.34. The number of hydrogen-bond acceptors (Lipinski definition) is 4. The predicted molar refractivity (Wildman–Crippen MR) is 44.6 cm³/mol. The Morgan fingerprint density at radius 3 is 2.64 bits per heavy atom. The Balaban J connectivity index is 0. The Hall–Kier alpha value is -0.360. The van der Waals surface area contributed by atoms with E-state index in [4.69, 9.17) is 5.90 Å². The van der Waals surface area contributed by atoms with Crippen molar-refractivity contribution in [3.63, 3.8) is 0 Å². The first-order valence-electron chi connectivity index (χ1n) is 2.55. The number of halogens is 2. The van der Waals surface area contributed by atoms with Crippen molar-refractivity contribution in [3.05, 3.63) is 12.2 Å². The van der Waals surface area contributed by atoms with Crippen LogP contribution < -0.4 is 5.90 Å². The topological polar surface area (TPSA) is 76.8 Å². The van der Waals surface area contributed by atoms with Crippen LogP contribution in [-0.4, -0.2) is 15.2 Å². The van der Waals surface area contributed by atoms with Gasteiger partial charge in [-0.05, 0) is 6.92 Å². The van der Waals surface area contributed by atoms with Crippen molar-refractivity contribution in [2.24, 2.45) is 5.90 Å². The summed E-state index contributed by atoms with van der Waals surface area (Å²) in [4.78, 5) is 8.28. The zero-order valence-corrected chi connectivity index (χ0v) is 7.48. The van der Waals surface area contributed by atoms with Gasteiger partial charge in [0, 0.05) is 0 Å². The zero-order valence-electron chi connectivity index (χ0n) is 5.85. The van der Waals surface area contributed by atoms with Gasteiger partial charge in [-0.1, -0.05) is 0 Å². The third-order valence-corrected chi connectivity index (χ3v) is 1.02. The van der Waals surface area contributed by atoms with Crippen molar-refractivity contribution in [2.75, 3.05) is 0 Å². The maximum absolute atomic E-state index is 4.88. The Bertz CT molecular complexity index is 169. The lowest BCUT2D eigenvalue weighted by atomic mass is 10.4. The second-order valence-corrected chi connectivity index (χ2v) is 1.65. The highest BCUT2D eigenvalue weighted by Gasteiger charge is 2.04. The van der Waals surface area contributed by atoms with Gasteiger partial charge in [0.2, 0.25) is 0 Å². The van der Waals surface area contributed by atoms with E-state index < -0.39 is 0 Å². The van der Waals surface area contributed by atoms with Crippen molar-refractivity contribution in [2.45, 2.75) is 13.0 Å². The molecule has 1 aromatic heterocycles. The van der Waals surface area contributed by atoms with Crippen LogP contribution in [0.3, 0.4) is 0 Å². The van der Waals surface area contributed by atoms with Gasteiger partial charge in [-0.2, -0.15) is 5.10 Å². The number of H-pyrrole nitrogens is 1. The summed E-state index contributed by atoms with van der Waals surface area (Å²) < 4.78 is 0. The predicted octanol–water partition coefficient (Wildman–Crippen LogP) is 0.600. The van der Waals surface area contributed by atoms with Gasteiger partial charge in [0.15, 0.2) is 5.82 Å². The van der Waals surface area contributed by atoms with E-state index in [9.17, 15) is 0 Å². The monoisotopic (exact) mass is 200 g/mol. The lowest BCUT2D eigenvalue weighted by molar-refractivity contribution is 0.0604. The molecule has 3 N–H and O–H groups in total. The summed E-state index contributed by atoms with van der Waals surface area (Å²) in [6, 6.07) is 0. The van der Waals surface area contributed by atoms with Crippen LogP contribution in [0.1, 0.15) is 18.9 Å². The summed E-state index contributed by atoms with van der Waals surface area (Å²) in [5.74, 6) is 5.51. The highest BCUT2D eigenvalue weighted by molar-refractivity contribution is 5.85. The third-order valence-electron chi connectivity index (χ3n) is 1.02. The molecule has 1 rings (SSSR count). The molecule has 0 saturated heterocycles. The van der Waals surface area contributed by atoms with E-state index in [0.717, 1.165) is 0 Å². The van der Waals surface area contributed by atoms with E-state index in [-0.39, 0.29) is 30.9 Å². The lowest BCUT2D eigenvalue weighted by Gasteiger charge is -2.01. The highest BCUT2D eigenvalue weighted by atomic mass is 35.5. The molecule has 0 saturated carbocycles. The van der Waals surface area contributed by atoms with Gasteiger partial charge in [0.25, 0.3) is 0 Å². The van der Waals surface area contributed by atoms with Crippen LogP contribution in [0.15, 0.2) is 6.33 Å². The van der Waals surface area contributed by atoms with Crippen molar-refractivity contribution < 1.29 is 4.84 Å². The molecule has 0 amide bonds. The van der Waals surface area contributed by atoms with E-state index in [2.05, 4.69) is 20.0 Å². The van der Waals surface area contributed by atoms with E-state index in [1.165, 1.54) is 6.33 Å². The molecule has 66 valence electrons. The number of nitrogens with one attached hydrogen (secondary N) is 1. The molecular formula is C4H10Cl2N4O. The Morgan fingerprint density at radius 2 is 2.27 bits per heavy atom. The molecule has 11 heavy (non-hydrogen) atoms. The molecule has 1 atom stereocenters. The fourth-order valence-corrected chi connectivity index (χ4v) is 0.475. The molecule has 0 aromatic carbocycles. The van der Waals surface area contributed by atoms with Crippen LogP contribution in [0.4, 0.5) is 0 Å². The molecule has 0 fully saturated rings. The highest BCUT2D eigenvalue weighted by Crippen LogP contribution is 2.05. The van der Waals surface area contributed by atoms with Crippen LogP contribution >= 0.6 is 24.8 Å². The Morgan fingerprint density at radius 1 is 1.64 bits per heavy atom. The van der Waals surface area contributed by atoms with Crippen molar-refractivity contribution in [3.8, 4) is 0 Å². The third kappa shape index (κ3) is 3.52. The summed E-state index contributed by atoms with van der Waals surface area (Å²) in [6.45, 7) is 1.78. The van der Waals surface area contributed by atoms with E-state index >= 15 is 0 Å². The minimum Gasteiger partial charge on any atom is -0.294 e. The summed E-state index contributed by atoms with van der Waals surface area (Å²) >= 11 is 0. The first-order valence-corrected chi connectivity index (χ1v) is 2.55. The molecule has 0 aliphatic rings. The molecule has 0 aliphatic carbocycles. The summed E-state index contributed by atoms with van der Waals surface area (Å²) in [5, 5.41) is 6.24. The van der Waals surface area contributed by atoms with Crippen LogP contribution in [0.2, 0.25) is 0 Å². The summed E-state index contributed by atoms with van der Waals surface area (Å²) in [7, 11) is 0. The molecule has 0 spiro atoms.